The Kier molecular flexibility index (Phi) is 5.17. The molecule has 0 saturated carbocycles. The topological polar surface area (TPSA) is 70.5 Å². The zero-order chi connectivity index (χ0) is 16.9. The monoisotopic (exact) mass is 324 g/mol. The maximum atomic E-state index is 14.1. The SMILES string of the molecule is COCC(F)(F)c1ncc(C(=O)OC)nc1Oc1ccccc1. The van der Waals surface area contributed by atoms with Gasteiger partial charge in [0.05, 0.1) is 13.3 Å². The molecule has 0 amide bonds. The van der Waals surface area contributed by atoms with E-state index in [9.17, 15) is 13.6 Å². The molecule has 1 aromatic carbocycles. The lowest BCUT2D eigenvalue weighted by Gasteiger charge is -2.17. The summed E-state index contributed by atoms with van der Waals surface area (Å²) < 4.78 is 42.6. The minimum atomic E-state index is -3.43. The van der Waals surface area contributed by atoms with Crippen molar-refractivity contribution in [3.05, 3.63) is 47.9 Å². The molecule has 0 spiro atoms. The molecular formula is C15H14F2N2O4. The molecule has 23 heavy (non-hydrogen) atoms. The zero-order valence-corrected chi connectivity index (χ0v) is 12.5. The van der Waals surface area contributed by atoms with Crippen molar-refractivity contribution in [3.8, 4) is 11.6 Å². The highest BCUT2D eigenvalue weighted by atomic mass is 19.3. The fourth-order valence-electron chi connectivity index (χ4n) is 1.75. The molecule has 2 aromatic rings. The summed E-state index contributed by atoms with van der Waals surface area (Å²) >= 11 is 0. The van der Waals surface area contributed by atoms with Gasteiger partial charge in [-0.15, -0.1) is 0 Å². The van der Waals surface area contributed by atoms with Crippen molar-refractivity contribution < 1.29 is 27.8 Å². The first kappa shape index (κ1) is 16.8. The van der Waals surface area contributed by atoms with Crippen LogP contribution in [0, 0.1) is 0 Å². The van der Waals surface area contributed by atoms with Gasteiger partial charge in [-0.25, -0.2) is 14.8 Å². The van der Waals surface area contributed by atoms with Crippen LogP contribution in [0.4, 0.5) is 8.78 Å². The smallest absolute Gasteiger partial charge is 0.358 e. The molecule has 0 N–H and O–H groups in total. The summed E-state index contributed by atoms with van der Waals surface area (Å²) in [4.78, 5) is 18.9. The highest BCUT2D eigenvalue weighted by Gasteiger charge is 2.38. The number of ether oxygens (including phenoxy) is 3. The molecule has 0 aliphatic rings. The Morgan fingerprint density at radius 2 is 1.91 bits per heavy atom. The van der Waals surface area contributed by atoms with Gasteiger partial charge in [0.2, 0.25) is 5.88 Å². The summed E-state index contributed by atoms with van der Waals surface area (Å²) in [7, 11) is 2.29. The van der Waals surface area contributed by atoms with E-state index in [0.717, 1.165) is 20.4 Å². The first-order valence-electron chi connectivity index (χ1n) is 6.53. The van der Waals surface area contributed by atoms with Gasteiger partial charge in [0.15, 0.2) is 11.4 Å². The van der Waals surface area contributed by atoms with E-state index in [1.165, 1.54) is 0 Å². The number of alkyl halides is 2. The van der Waals surface area contributed by atoms with Gasteiger partial charge in [-0.2, -0.15) is 8.78 Å². The van der Waals surface area contributed by atoms with Crippen LogP contribution in [0.3, 0.4) is 0 Å². The lowest BCUT2D eigenvalue weighted by molar-refractivity contribution is -0.0746. The molecular weight excluding hydrogens is 310 g/mol. The molecule has 8 heteroatoms. The molecule has 2 rings (SSSR count). The number of rotatable bonds is 6. The number of hydrogen-bond donors (Lipinski definition) is 0. The number of hydrogen-bond acceptors (Lipinski definition) is 6. The van der Waals surface area contributed by atoms with Crippen LogP contribution in [0.1, 0.15) is 16.2 Å². The van der Waals surface area contributed by atoms with Crippen LogP contribution in [0.2, 0.25) is 0 Å². The van der Waals surface area contributed by atoms with Gasteiger partial charge in [0.1, 0.15) is 12.4 Å². The van der Waals surface area contributed by atoms with Gasteiger partial charge >= 0.3 is 11.9 Å². The number of esters is 1. The third-order valence-electron chi connectivity index (χ3n) is 2.76. The van der Waals surface area contributed by atoms with Gasteiger partial charge < -0.3 is 14.2 Å². The quantitative estimate of drug-likeness (QED) is 0.761. The van der Waals surface area contributed by atoms with Gasteiger partial charge in [-0.1, -0.05) is 18.2 Å². The largest absolute Gasteiger partial charge is 0.464 e. The predicted molar refractivity (Wildman–Crippen MR) is 75.7 cm³/mol. The van der Waals surface area contributed by atoms with Crippen LogP contribution in [-0.2, 0) is 15.4 Å². The normalized spacial score (nSPS) is 11.1. The minimum absolute atomic E-state index is 0.240. The second-order valence-electron chi connectivity index (χ2n) is 4.45. The van der Waals surface area contributed by atoms with E-state index in [1.54, 1.807) is 30.3 Å². The molecule has 0 bridgehead atoms. The van der Waals surface area contributed by atoms with Gasteiger partial charge in [-0.3, -0.25) is 0 Å². The molecule has 0 radical (unpaired) electrons. The van der Waals surface area contributed by atoms with E-state index in [4.69, 9.17) is 4.74 Å². The van der Waals surface area contributed by atoms with Crippen LogP contribution in [0.5, 0.6) is 11.6 Å². The van der Waals surface area contributed by atoms with E-state index in [1.807, 2.05) is 0 Å². The van der Waals surface area contributed by atoms with E-state index in [-0.39, 0.29) is 11.4 Å². The number of methoxy groups -OCH3 is 2. The van der Waals surface area contributed by atoms with Crippen LogP contribution in [-0.4, -0.2) is 36.8 Å². The Labute approximate surface area is 131 Å². The third kappa shape index (κ3) is 3.98. The molecule has 0 saturated heterocycles. The van der Waals surface area contributed by atoms with Crippen LogP contribution in [0.15, 0.2) is 36.5 Å². The molecule has 1 heterocycles. The summed E-state index contributed by atoms with van der Waals surface area (Å²) in [6.45, 7) is -0.898. The highest BCUT2D eigenvalue weighted by molar-refractivity contribution is 5.86. The molecule has 0 atom stereocenters. The zero-order valence-electron chi connectivity index (χ0n) is 12.5. The first-order chi connectivity index (χ1) is 11.0. The Bertz CT molecular complexity index is 680. The third-order valence-corrected chi connectivity index (χ3v) is 2.76. The summed E-state index contributed by atoms with van der Waals surface area (Å²) in [6.07, 6.45) is 0.905. The predicted octanol–water partition coefficient (Wildman–Crippen LogP) is 2.79. The Hall–Kier alpha value is -2.61. The van der Waals surface area contributed by atoms with Crippen molar-refractivity contribution >= 4 is 5.97 Å². The molecule has 0 aliphatic heterocycles. The van der Waals surface area contributed by atoms with Crippen molar-refractivity contribution in [1.29, 1.82) is 0 Å². The molecule has 6 nitrogen and oxygen atoms in total. The number of nitrogens with zero attached hydrogens (tertiary/aromatic N) is 2. The fourth-order valence-corrected chi connectivity index (χ4v) is 1.75. The lowest BCUT2D eigenvalue weighted by atomic mass is 10.2. The number of para-hydroxylation sites is 1. The van der Waals surface area contributed by atoms with Crippen LogP contribution >= 0.6 is 0 Å². The number of halogens is 2. The van der Waals surface area contributed by atoms with Crippen LogP contribution in [0.25, 0.3) is 0 Å². The maximum Gasteiger partial charge on any atom is 0.358 e. The van der Waals surface area contributed by atoms with Crippen LogP contribution < -0.4 is 4.74 Å². The molecule has 122 valence electrons. The van der Waals surface area contributed by atoms with Crippen molar-refractivity contribution in [1.82, 2.24) is 9.97 Å². The van der Waals surface area contributed by atoms with Gasteiger partial charge in [0.25, 0.3) is 0 Å². The van der Waals surface area contributed by atoms with Crippen molar-refractivity contribution in [2.45, 2.75) is 5.92 Å². The van der Waals surface area contributed by atoms with Crippen molar-refractivity contribution in [2.75, 3.05) is 20.8 Å². The average Bonchev–Trinajstić information content (AvgIpc) is 2.54. The van der Waals surface area contributed by atoms with Gasteiger partial charge in [-0.05, 0) is 12.1 Å². The Morgan fingerprint density at radius 3 is 2.52 bits per heavy atom. The maximum absolute atomic E-state index is 14.1. The lowest BCUT2D eigenvalue weighted by Crippen LogP contribution is -2.24. The standard InChI is InChI=1S/C15H14F2N2O4/c1-21-9-15(16,17)12-13(23-10-6-4-3-5-7-10)19-11(8-18-12)14(20)22-2/h3-8H,9H2,1-2H3. The van der Waals surface area contributed by atoms with E-state index in [0.29, 0.717) is 0 Å². The second-order valence-corrected chi connectivity index (χ2v) is 4.45. The number of aromatic nitrogens is 2. The van der Waals surface area contributed by atoms with E-state index >= 15 is 0 Å². The van der Waals surface area contributed by atoms with Crippen molar-refractivity contribution in [3.63, 3.8) is 0 Å². The van der Waals surface area contributed by atoms with Crippen molar-refractivity contribution in [2.24, 2.45) is 0 Å². The van der Waals surface area contributed by atoms with Gasteiger partial charge in [0, 0.05) is 7.11 Å². The Balaban J connectivity index is 2.47. The second kappa shape index (κ2) is 7.10. The minimum Gasteiger partial charge on any atom is -0.464 e. The summed E-state index contributed by atoms with van der Waals surface area (Å²) in [5.74, 6) is -4.45. The molecule has 1 aromatic heterocycles. The summed E-state index contributed by atoms with van der Waals surface area (Å²) in [5, 5.41) is 0. The fraction of sp³-hybridized carbons (Fsp3) is 0.267. The number of carbonyl (C=O) groups excluding carboxylic acids is 1. The summed E-state index contributed by atoms with van der Waals surface area (Å²) in [6, 6.07) is 8.19. The number of carbonyl (C=O) groups is 1. The highest BCUT2D eigenvalue weighted by Crippen LogP contribution is 2.34. The van der Waals surface area contributed by atoms with E-state index in [2.05, 4.69) is 19.4 Å². The van der Waals surface area contributed by atoms with E-state index < -0.39 is 30.1 Å². The molecule has 0 unspecified atom stereocenters. The molecule has 0 aliphatic carbocycles. The first-order valence-corrected chi connectivity index (χ1v) is 6.53. The molecule has 0 fully saturated rings. The number of benzene rings is 1. The summed E-state index contributed by atoms with van der Waals surface area (Å²) in [5.41, 5.74) is -0.966. The average molecular weight is 324 g/mol. The Morgan fingerprint density at radius 1 is 1.22 bits per heavy atom.